The Balaban J connectivity index is 2.84. The van der Waals surface area contributed by atoms with Crippen molar-refractivity contribution in [2.24, 2.45) is 5.73 Å². The van der Waals surface area contributed by atoms with E-state index in [1.165, 1.54) is 12.5 Å². The largest absolute Gasteiger partial charge is 0.369 e. The summed E-state index contributed by atoms with van der Waals surface area (Å²) < 4.78 is 0. The molecule has 66 valence electrons. The number of primary amides is 1. The molecule has 0 unspecified atom stereocenters. The highest BCUT2D eigenvalue weighted by molar-refractivity contribution is 5.76. The standard InChI is InChI=1S/C8H7N3O2/c9-7(12)3-1-2-6-4-10-5-11-8(6)13/h4-5H,3H2,(H2,9,12)(H,10,11,13). The van der Waals surface area contributed by atoms with E-state index in [1.807, 2.05) is 0 Å². The van der Waals surface area contributed by atoms with E-state index in [4.69, 9.17) is 5.73 Å². The minimum atomic E-state index is -0.521. The highest BCUT2D eigenvalue weighted by Crippen LogP contribution is 1.81. The second-order valence-electron chi connectivity index (χ2n) is 2.24. The van der Waals surface area contributed by atoms with Gasteiger partial charge in [0.15, 0.2) is 0 Å². The van der Waals surface area contributed by atoms with Crippen molar-refractivity contribution < 1.29 is 4.79 Å². The fraction of sp³-hybridized carbons (Fsp3) is 0.125. The molecule has 0 aromatic carbocycles. The molecule has 1 rings (SSSR count). The van der Waals surface area contributed by atoms with Gasteiger partial charge in [0.05, 0.1) is 12.7 Å². The number of hydrogen-bond donors (Lipinski definition) is 2. The first kappa shape index (κ1) is 9.00. The van der Waals surface area contributed by atoms with Gasteiger partial charge >= 0.3 is 0 Å². The van der Waals surface area contributed by atoms with E-state index in [0.29, 0.717) is 0 Å². The Morgan fingerprint density at radius 2 is 2.46 bits per heavy atom. The van der Waals surface area contributed by atoms with E-state index in [0.717, 1.165) is 0 Å². The van der Waals surface area contributed by atoms with Crippen molar-refractivity contribution in [2.45, 2.75) is 6.42 Å². The number of aromatic amines is 1. The van der Waals surface area contributed by atoms with Crippen LogP contribution in [0.3, 0.4) is 0 Å². The van der Waals surface area contributed by atoms with Crippen LogP contribution >= 0.6 is 0 Å². The van der Waals surface area contributed by atoms with Crippen LogP contribution < -0.4 is 11.3 Å². The number of nitrogens with two attached hydrogens (primary N) is 1. The molecule has 0 saturated carbocycles. The molecular weight excluding hydrogens is 170 g/mol. The third kappa shape index (κ3) is 2.79. The highest BCUT2D eigenvalue weighted by Gasteiger charge is 1.92. The Morgan fingerprint density at radius 3 is 3.08 bits per heavy atom. The van der Waals surface area contributed by atoms with E-state index in [2.05, 4.69) is 21.8 Å². The number of H-pyrrole nitrogens is 1. The summed E-state index contributed by atoms with van der Waals surface area (Å²) in [6.45, 7) is 0. The number of carbonyl (C=O) groups excluding carboxylic acids is 1. The number of carbonyl (C=O) groups is 1. The van der Waals surface area contributed by atoms with Crippen molar-refractivity contribution in [3.63, 3.8) is 0 Å². The maximum atomic E-state index is 11.0. The summed E-state index contributed by atoms with van der Waals surface area (Å²) in [5, 5.41) is 0. The molecule has 0 saturated heterocycles. The number of nitrogens with zero attached hydrogens (tertiary/aromatic N) is 1. The van der Waals surface area contributed by atoms with Gasteiger partial charge in [-0.3, -0.25) is 9.59 Å². The normalized spacial score (nSPS) is 8.62. The molecule has 0 aliphatic carbocycles. The molecule has 0 aliphatic heterocycles. The van der Waals surface area contributed by atoms with Crippen LogP contribution in [0.25, 0.3) is 0 Å². The van der Waals surface area contributed by atoms with Crippen molar-refractivity contribution in [2.75, 3.05) is 0 Å². The Bertz CT molecular complexity index is 425. The lowest BCUT2D eigenvalue weighted by molar-refractivity contribution is -0.117. The van der Waals surface area contributed by atoms with Crippen LogP contribution in [0.2, 0.25) is 0 Å². The quantitative estimate of drug-likeness (QED) is 0.539. The summed E-state index contributed by atoms with van der Waals surface area (Å²) in [5.41, 5.74) is 4.75. The van der Waals surface area contributed by atoms with Gasteiger partial charge in [-0.2, -0.15) is 0 Å². The fourth-order valence-electron chi connectivity index (χ4n) is 0.660. The molecule has 1 amide bonds. The molecule has 13 heavy (non-hydrogen) atoms. The van der Waals surface area contributed by atoms with Crippen molar-refractivity contribution in [3.8, 4) is 11.8 Å². The molecule has 5 heteroatoms. The van der Waals surface area contributed by atoms with Crippen molar-refractivity contribution in [1.29, 1.82) is 0 Å². The van der Waals surface area contributed by atoms with Crippen LogP contribution in [0.4, 0.5) is 0 Å². The zero-order valence-electron chi connectivity index (χ0n) is 6.70. The van der Waals surface area contributed by atoms with Gasteiger partial charge in [0.25, 0.3) is 5.56 Å². The van der Waals surface area contributed by atoms with Crippen molar-refractivity contribution in [1.82, 2.24) is 9.97 Å². The Hall–Kier alpha value is -2.09. The minimum absolute atomic E-state index is 0.0612. The minimum Gasteiger partial charge on any atom is -0.369 e. The molecule has 1 heterocycles. The number of amides is 1. The zero-order chi connectivity index (χ0) is 9.68. The molecule has 0 spiro atoms. The van der Waals surface area contributed by atoms with Crippen LogP contribution in [-0.4, -0.2) is 15.9 Å². The number of hydrogen-bond acceptors (Lipinski definition) is 3. The highest BCUT2D eigenvalue weighted by atomic mass is 16.1. The smallest absolute Gasteiger partial charge is 0.266 e. The fourth-order valence-corrected chi connectivity index (χ4v) is 0.660. The molecule has 0 aliphatic rings. The topological polar surface area (TPSA) is 88.8 Å². The maximum absolute atomic E-state index is 11.0. The number of nitrogens with one attached hydrogen (secondary N) is 1. The molecule has 3 N–H and O–H groups in total. The molecule has 0 bridgehead atoms. The van der Waals surface area contributed by atoms with Gasteiger partial charge in [-0.05, 0) is 0 Å². The summed E-state index contributed by atoms with van der Waals surface area (Å²) in [7, 11) is 0. The van der Waals surface area contributed by atoms with Crippen LogP contribution in [0, 0.1) is 11.8 Å². The van der Waals surface area contributed by atoms with Gasteiger partial charge < -0.3 is 10.7 Å². The van der Waals surface area contributed by atoms with Crippen molar-refractivity contribution in [3.05, 3.63) is 28.4 Å². The third-order valence-corrected chi connectivity index (χ3v) is 1.20. The van der Waals surface area contributed by atoms with E-state index in [-0.39, 0.29) is 17.5 Å². The Morgan fingerprint density at radius 1 is 1.69 bits per heavy atom. The Labute approximate surface area is 74.0 Å². The molecule has 0 atom stereocenters. The SMILES string of the molecule is NC(=O)CC#Cc1cnc[nH]c1=O. The average molecular weight is 177 g/mol. The van der Waals surface area contributed by atoms with Gasteiger partial charge in [-0.25, -0.2) is 4.98 Å². The summed E-state index contributed by atoms with van der Waals surface area (Å²) in [6, 6.07) is 0. The molecule has 1 aromatic heterocycles. The van der Waals surface area contributed by atoms with Crippen LogP contribution in [-0.2, 0) is 4.79 Å². The molecule has 1 aromatic rings. The first-order valence-electron chi connectivity index (χ1n) is 3.50. The van der Waals surface area contributed by atoms with Crippen LogP contribution in [0.1, 0.15) is 12.0 Å². The van der Waals surface area contributed by atoms with Gasteiger partial charge in [-0.1, -0.05) is 11.8 Å². The lowest BCUT2D eigenvalue weighted by atomic mass is 10.3. The number of aromatic nitrogens is 2. The summed E-state index contributed by atoms with van der Waals surface area (Å²) >= 11 is 0. The molecule has 0 radical (unpaired) electrons. The van der Waals surface area contributed by atoms with Gasteiger partial charge in [-0.15, -0.1) is 0 Å². The molecule has 5 nitrogen and oxygen atoms in total. The van der Waals surface area contributed by atoms with Crippen molar-refractivity contribution >= 4 is 5.91 Å². The van der Waals surface area contributed by atoms with E-state index in [1.54, 1.807) is 0 Å². The lowest BCUT2D eigenvalue weighted by Gasteiger charge is -1.85. The first-order chi connectivity index (χ1) is 6.20. The van der Waals surface area contributed by atoms with Crippen LogP contribution in [0.5, 0.6) is 0 Å². The summed E-state index contributed by atoms with van der Waals surface area (Å²) in [6.07, 6.45) is 2.53. The predicted molar refractivity (Wildman–Crippen MR) is 45.5 cm³/mol. The predicted octanol–water partition coefficient (Wildman–Crippen LogP) is -1.00. The van der Waals surface area contributed by atoms with Crippen LogP contribution in [0.15, 0.2) is 17.3 Å². The first-order valence-corrected chi connectivity index (χ1v) is 3.50. The second-order valence-corrected chi connectivity index (χ2v) is 2.24. The second kappa shape index (κ2) is 4.07. The van der Waals surface area contributed by atoms with Gasteiger partial charge in [0, 0.05) is 6.20 Å². The lowest BCUT2D eigenvalue weighted by Crippen LogP contribution is -2.10. The third-order valence-electron chi connectivity index (χ3n) is 1.20. The zero-order valence-corrected chi connectivity index (χ0v) is 6.70. The maximum Gasteiger partial charge on any atom is 0.266 e. The summed E-state index contributed by atoms with van der Waals surface area (Å²) in [5.74, 6) is 4.42. The van der Waals surface area contributed by atoms with E-state index < -0.39 is 5.91 Å². The number of rotatable bonds is 1. The molecular formula is C8H7N3O2. The average Bonchev–Trinajstić information content (AvgIpc) is 2.08. The van der Waals surface area contributed by atoms with Gasteiger partial charge in [0.1, 0.15) is 5.56 Å². The van der Waals surface area contributed by atoms with E-state index in [9.17, 15) is 9.59 Å². The van der Waals surface area contributed by atoms with Gasteiger partial charge in [0.2, 0.25) is 5.91 Å². The molecule has 0 fully saturated rings. The monoisotopic (exact) mass is 177 g/mol. The van der Waals surface area contributed by atoms with E-state index >= 15 is 0 Å². The summed E-state index contributed by atoms with van der Waals surface area (Å²) in [4.78, 5) is 27.3. The Kier molecular flexibility index (Phi) is 2.82.